The topological polar surface area (TPSA) is 60.2 Å². The quantitative estimate of drug-likeness (QED) is 0.834. The first-order valence-corrected chi connectivity index (χ1v) is 9.57. The lowest BCUT2D eigenvalue weighted by atomic mass is 9.94. The van der Waals surface area contributed by atoms with E-state index in [9.17, 15) is 10.1 Å². The van der Waals surface area contributed by atoms with Gasteiger partial charge in [-0.3, -0.25) is 9.78 Å². The monoisotopic (exact) mass is 352 g/mol. The summed E-state index contributed by atoms with van der Waals surface area (Å²) in [5.41, 5.74) is 2.78. The van der Waals surface area contributed by atoms with Gasteiger partial charge >= 0.3 is 0 Å². The van der Waals surface area contributed by atoms with E-state index in [0.717, 1.165) is 44.6 Å². The Labute approximate surface area is 151 Å². The molecule has 0 spiro atoms. The molecule has 2 aliphatic heterocycles. The average molecular weight is 352 g/mol. The molecular formula is C19H20N4OS. The number of anilines is 1. The zero-order valence-electron chi connectivity index (χ0n) is 14.0. The fourth-order valence-electron chi connectivity index (χ4n) is 3.82. The molecule has 1 unspecified atom stereocenters. The van der Waals surface area contributed by atoms with Gasteiger partial charge in [0, 0.05) is 37.3 Å². The molecule has 2 aromatic heterocycles. The maximum absolute atomic E-state index is 13.0. The Balaban J connectivity index is 1.48. The van der Waals surface area contributed by atoms with Gasteiger partial charge in [0.05, 0.1) is 23.4 Å². The highest BCUT2D eigenvalue weighted by molar-refractivity contribution is 7.10. The van der Waals surface area contributed by atoms with Crippen LogP contribution in [0, 0.1) is 17.2 Å². The molecule has 1 saturated heterocycles. The lowest BCUT2D eigenvalue weighted by molar-refractivity contribution is -0.136. The first-order chi connectivity index (χ1) is 12.3. The first-order valence-electron chi connectivity index (χ1n) is 8.69. The van der Waals surface area contributed by atoms with Crippen molar-refractivity contribution in [1.29, 1.82) is 5.26 Å². The minimum atomic E-state index is 0.000634. The summed E-state index contributed by atoms with van der Waals surface area (Å²) in [6.07, 6.45) is 6.24. The van der Waals surface area contributed by atoms with Crippen LogP contribution in [0.4, 0.5) is 5.69 Å². The Morgan fingerprint density at radius 3 is 3.16 bits per heavy atom. The summed E-state index contributed by atoms with van der Waals surface area (Å²) in [6, 6.07) is 6.11. The zero-order valence-corrected chi connectivity index (χ0v) is 14.8. The van der Waals surface area contributed by atoms with Crippen molar-refractivity contribution >= 4 is 22.9 Å². The second-order valence-electron chi connectivity index (χ2n) is 6.67. The van der Waals surface area contributed by atoms with Crippen LogP contribution in [0.3, 0.4) is 0 Å². The number of nitrogens with zero attached hydrogens (tertiary/aromatic N) is 4. The van der Waals surface area contributed by atoms with Crippen molar-refractivity contribution in [1.82, 2.24) is 9.88 Å². The van der Waals surface area contributed by atoms with E-state index in [1.54, 1.807) is 29.8 Å². The number of amides is 1. The molecule has 5 nitrogen and oxygen atoms in total. The predicted octanol–water partition coefficient (Wildman–Crippen LogP) is 2.82. The fourth-order valence-corrected chi connectivity index (χ4v) is 4.71. The minimum absolute atomic E-state index is 0.000634. The van der Waals surface area contributed by atoms with Gasteiger partial charge in [-0.2, -0.15) is 5.26 Å². The number of hydrogen-bond donors (Lipinski definition) is 0. The number of piperidine rings is 1. The molecule has 0 N–H and O–H groups in total. The Hall–Kier alpha value is -2.39. The Kier molecular flexibility index (Phi) is 4.41. The molecule has 4 rings (SSSR count). The molecule has 0 bridgehead atoms. The number of pyridine rings is 1. The molecule has 4 heterocycles. The van der Waals surface area contributed by atoms with E-state index in [2.05, 4.69) is 27.4 Å². The van der Waals surface area contributed by atoms with E-state index in [-0.39, 0.29) is 11.8 Å². The number of carbonyl (C=O) groups is 1. The molecule has 2 aliphatic rings. The van der Waals surface area contributed by atoms with Gasteiger partial charge in [-0.1, -0.05) is 0 Å². The molecule has 25 heavy (non-hydrogen) atoms. The van der Waals surface area contributed by atoms with Gasteiger partial charge in [0.2, 0.25) is 5.91 Å². The van der Waals surface area contributed by atoms with E-state index < -0.39 is 0 Å². The van der Waals surface area contributed by atoms with Gasteiger partial charge in [-0.15, -0.1) is 11.3 Å². The van der Waals surface area contributed by atoms with Gasteiger partial charge in [-0.05, 0) is 42.3 Å². The maximum atomic E-state index is 13.0. The van der Waals surface area contributed by atoms with E-state index in [4.69, 9.17) is 0 Å². The smallest absolute Gasteiger partial charge is 0.227 e. The van der Waals surface area contributed by atoms with Crippen LogP contribution in [0.1, 0.15) is 28.8 Å². The number of rotatable bonds is 2. The third-order valence-corrected chi connectivity index (χ3v) is 6.17. The van der Waals surface area contributed by atoms with Crippen molar-refractivity contribution in [3.8, 4) is 6.07 Å². The van der Waals surface area contributed by atoms with Crippen molar-refractivity contribution in [3.05, 3.63) is 45.9 Å². The Morgan fingerprint density at radius 2 is 2.28 bits per heavy atom. The lowest BCUT2D eigenvalue weighted by Gasteiger charge is -2.37. The highest BCUT2D eigenvalue weighted by atomic mass is 32.1. The standard InChI is InChI=1S/C19H20N4OS/c20-10-14-3-6-21-11-17(14)22-7-1-2-16(13-22)19(24)23-8-4-18-15(12-23)5-9-25-18/h3,5-6,9,11,16H,1-2,4,7-8,12-13H2. The molecule has 0 aliphatic carbocycles. The molecule has 1 atom stereocenters. The van der Waals surface area contributed by atoms with E-state index in [1.807, 2.05) is 4.90 Å². The van der Waals surface area contributed by atoms with Crippen LogP contribution in [0.15, 0.2) is 29.9 Å². The number of nitriles is 1. The number of carbonyl (C=O) groups excluding carboxylic acids is 1. The Morgan fingerprint density at radius 1 is 1.36 bits per heavy atom. The van der Waals surface area contributed by atoms with Crippen LogP contribution in [-0.4, -0.2) is 35.4 Å². The lowest BCUT2D eigenvalue weighted by Crippen LogP contribution is -2.46. The number of hydrogen-bond acceptors (Lipinski definition) is 5. The van der Waals surface area contributed by atoms with Gasteiger partial charge in [0.25, 0.3) is 0 Å². The minimum Gasteiger partial charge on any atom is -0.368 e. The van der Waals surface area contributed by atoms with Gasteiger partial charge < -0.3 is 9.80 Å². The highest BCUT2D eigenvalue weighted by Gasteiger charge is 2.31. The van der Waals surface area contributed by atoms with Crippen LogP contribution in [0.5, 0.6) is 0 Å². The number of thiophene rings is 1. The van der Waals surface area contributed by atoms with Crippen LogP contribution in [0.25, 0.3) is 0 Å². The fraction of sp³-hybridized carbons (Fsp3) is 0.421. The van der Waals surface area contributed by atoms with Crippen molar-refractivity contribution in [2.45, 2.75) is 25.8 Å². The van der Waals surface area contributed by atoms with E-state index >= 15 is 0 Å². The molecule has 2 aromatic rings. The molecule has 0 radical (unpaired) electrons. The molecule has 1 fully saturated rings. The number of fused-ring (bicyclic) bond motifs is 1. The summed E-state index contributed by atoms with van der Waals surface area (Å²) >= 11 is 1.79. The molecule has 6 heteroatoms. The summed E-state index contributed by atoms with van der Waals surface area (Å²) in [5.74, 6) is 0.254. The molecular weight excluding hydrogens is 332 g/mol. The molecule has 1 amide bonds. The van der Waals surface area contributed by atoms with Crippen molar-refractivity contribution in [2.75, 3.05) is 24.5 Å². The van der Waals surface area contributed by atoms with E-state index in [0.29, 0.717) is 12.1 Å². The van der Waals surface area contributed by atoms with Crippen LogP contribution < -0.4 is 4.90 Å². The third kappa shape index (κ3) is 3.12. The molecule has 0 aromatic carbocycles. The van der Waals surface area contributed by atoms with Crippen LogP contribution in [0.2, 0.25) is 0 Å². The van der Waals surface area contributed by atoms with E-state index in [1.165, 1.54) is 10.4 Å². The summed E-state index contributed by atoms with van der Waals surface area (Å²) < 4.78 is 0. The van der Waals surface area contributed by atoms with Gasteiger partial charge in [-0.25, -0.2) is 0 Å². The van der Waals surface area contributed by atoms with Gasteiger partial charge in [0.1, 0.15) is 6.07 Å². The first kappa shape index (κ1) is 16.1. The zero-order chi connectivity index (χ0) is 17.2. The SMILES string of the molecule is N#Cc1ccncc1N1CCCC(C(=O)N2CCc3sccc3C2)C1. The largest absolute Gasteiger partial charge is 0.368 e. The van der Waals surface area contributed by atoms with Crippen molar-refractivity contribution in [3.63, 3.8) is 0 Å². The van der Waals surface area contributed by atoms with Gasteiger partial charge in [0.15, 0.2) is 0 Å². The number of aromatic nitrogens is 1. The van der Waals surface area contributed by atoms with Crippen LogP contribution in [-0.2, 0) is 17.8 Å². The second kappa shape index (κ2) is 6.85. The highest BCUT2D eigenvalue weighted by Crippen LogP contribution is 2.29. The average Bonchev–Trinajstić information content (AvgIpc) is 3.15. The summed E-state index contributed by atoms with van der Waals surface area (Å²) in [7, 11) is 0. The van der Waals surface area contributed by atoms with Crippen LogP contribution >= 0.6 is 11.3 Å². The molecule has 0 saturated carbocycles. The molecule has 128 valence electrons. The van der Waals surface area contributed by atoms with Crippen molar-refractivity contribution in [2.24, 2.45) is 5.92 Å². The maximum Gasteiger partial charge on any atom is 0.227 e. The van der Waals surface area contributed by atoms with Crippen molar-refractivity contribution < 1.29 is 4.79 Å². The summed E-state index contributed by atoms with van der Waals surface area (Å²) in [5, 5.41) is 11.4. The predicted molar refractivity (Wildman–Crippen MR) is 97.3 cm³/mol. The third-order valence-electron chi connectivity index (χ3n) is 5.15. The second-order valence-corrected chi connectivity index (χ2v) is 7.67. The summed E-state index contributed by atoms with van der Waals surface area (Å²) in [4.78, 5) is 22.8. The summed E-state index contributed by atoms with van der Waals surface area (Å²) in [6.45, 7) is 3.11. The normalized spacial score (nSPS) is 20.0. The Bertz CT molecular complexity index is 825.